The molecule has 1 saturated carbocycles. The van der Waals surface area contributed by atoms with E-state index in [0.717, 1.165) is 16.5 Å². The van der Waals surface area contributed by atoms with Crippen LogP contribution in [0.5, 0.6) is 0 Å². The van der Waals surface area contributed by atoms with Gasteiger partial charge >= 0.3 is 0 Å². The highest BCUT2D eigenvalue weighted by Gasteiger charge is 2.42. The number of thiocarbonyl (C=S) groups is 1. The second kappa shape index (κ2) is 8.46. The lowest BCUT2D eigenvalue weighted by molar-refractivity contribution is 0.340. The van der Waals surface area contributed by atoms with Crippen molar-refractivity contribution in [1.82, 2.24) is 14.9 Å². The molecule has 2 aliphatic rings. The van der Waals surface area contributed by atoms with Crippen LogP contribution in [0.4, 0.5) is 5.69 Å². The summed E-state index contributed by atoms with van der Waals surface area (Å²) in [5.74, 6) is 0. The normalized spacial score (nSPS) is 22.0. The zero-order chi connectivity index (χ0) is 21.4. The lowest BCUT2D eigenvalue weighted by atomic mass is 9.94. The predicted octanol–water partition coefficient (Wildman–Crippen LogP) is 6.18. The summed E-state index contributed by atoms with van der Waals surface area (Å²) in [6.45, 7) is 4.30. The molecule has 0 spiro atoms. The Labute approximate surface area is 190 Å². The first-order chi connectivity index (χ1) is 15.1. The molecule has 31 heavy (non-hydrogen) atoms. The molecule has 3 heterocycles. The lowest BCUT2D eigenvalue weighted by Crippen LogP contribution is -2.31. The molecular weight excluding hydrogens is 400 g/mol. The van der Waals surface area contributed by atoms with E-state index in [1.807, 2.05) is 12.3 Å². The van der Waals surface area contributed by atoms with Gasteiger partial charge in [0.2, 0.25) is 0 Å². The van der Waals surface area contributed by atoms with E-state index in [4.69, 9.17) is 17.2 Å². The van der Waals surface area contributed by atoms with Gasteiger partial charge in [-0.3, -0.25) is 4.98 Å². The number of benzene rings is 1. The molecule has 1 aromatic carbocycles. The summed E-state index contributed by atoms with van der Waals surface area (Å²) in [7, 11) is 0. The van der Waals surface area contributed by atoms with Crippen molar-refractivity contribution in [2.75, 3.05) is 4.90 Å². The fourth-order valence-electron chi connectivity index (χ4n) is 5.37. The van der Waals surface area contributed by atoms with E-state index < -0.39 is 0 Å². The van der Waals surface area contributed by atoms with E-state index in [1.54, 1.807) is 0 Å². The van der Waals surface area contributed by atoms with Crippen molar-refractivity contribution in [3.8, 4) is 0 Å². The van der Waals surface area contributed by atoms with Crippen LogP contribution in [-0.2, 0) is 0 Å². The SMILES string of the molecule is Cc1cc(C)cc(N2C(=S)N[C@H](c3ccccn3)[C@H]2c2cccn2C2CCCCC2)c1. The van der Waals surface area contributed by atoms with Gasteiger partial charge in [-0.1, -0.05) is 31.4 Å². The van der Waals surface area contributed by atoms with E-state index in [9.17, 15) is 0 Å². The average Bonchev–Trinajstić information content (AvgIpc) is 3.38. The van der Waals surface area contributed by atoms with E-state index in [0.29, 0.717) is 6.04 Å². The molecule has 5 heteroatoms. The fourth-order valence-corrected chi connectivity index (χ4v) is 5.72. The maximum absolute atomic E-state index is 5.91. The maximum atomic E-state index is 5.91. The largest absolute Gasteiger partial charge is 0.351 e. The monoisotopic (exact) mass is 430 g/mol. The van der Waals surface area contributed by atoms with Crippen molar-refractivity contribution in [2.24, 2.45) is 0 Å². The highest BCUT2D eigenvalue weighted by atomic mass is 32.1. The van der Waals surface area contributed by atoms with Gasteiger partial charge in [-0.25, -0.2) is 0 Å². The van der Waals surface area contributed by atoms with Gasteiger partial charge in [0.1, 0.15) is 6.04 Å². The summed E-state index contributed by atoms with van der Waals surface area (Å²) >= 11 is 5.91. The van der Waals surface area contributed by atoms with Gasteiger partial charge < -0.3 is 14.8 Å². The fraction of sp³-hybridized carbons (Fsp3) is 0.385. The molecule has 0 unspecified atom stereocenters. The molecule has 1 saturated heterocycles. The number of nitrogens with zero attached hydrogens (tertiary/aromatic N) is 3. The molecule has 2 aromatic heterocycles. The molecule has 2 fully saturated rings. The Morgan fingerprint density at radius 3 is 2.45 bits per heavy atom. The molecule has 1 aliphatic carbocycles. The Morgan fingerprint density at radius 2 is 1.74 bits per heavy atom. The Balaban J connectivity index is 1.63. The zero-order valence-corrected chi connectivity index (χ0v) is 19.1. The van der Waals surface area contributed by atoms with Crippen LogP contribution in [-0.4, -0.2) is 14.7 Å². The minimum Gasteiger partial charge on any atom is -0.351 e. The molecule has 0 bridgehead atoms. The Hall–Kier alpha value is -2.66. The standard InChI is InChI=1S/C26H30N4S/c1-18-15-19(2)17-21(16-18)30-25(24(28-26(30)31)22-11-6-7-13-27-22)23-12-8-14-29(23)20-9-4-3-5-10-20/h6-8,11-17,20,24-25H,3-5,9-10H2,1-2H3,(H,28,31)/t24-,25-/m1/s1. The summed E-state index contributed by atoms with van der Waals surface area (Å²) < 4.78 is 2.52. The van der Waals surface area contributed by atoms with Gasteiger partial charge in [0.05, 0.1) is 11.7 Å². The smallest absolute Gasteiger partial charge is 0.174 e. The molecule has 0 amide bonds. The van der Waals surface area contributed by atoms with Crippen LogP contribution < -0.4 is 10.2 Å². The maximum Gasteiger partial charge on any atom is 0.174 e. The zero-order valence-electron chi connectivity index (χ0n) is 18.3. The van der Waals surface area contributed by atoms with Crippen LogP contribution in [0, 0.1) is 13.8 Å². The molecule has 3 aromatic rings. The number of anilines is 1. The topological polar surface area (TPSA) is 33.1 Å². The predicted molar refractivity (Wildman–Crippen MR) is 130 cm³/mol. The van der Waals surface area contributed by atoms with Crippen LogP contribution in [0.2, 0.25) is 0 Å². The van der Waals surface area contributed by atoms with E-state index in [-0.39, 0.29) is 12.1 Å². The minimum atomic E-state index is 0.00626. The van der Waals surface area contributed by atoms with Crippen molar-refractivity contribution < 1.29 is 0 Å². The van der Waals surface area contributed by atoms with Crippen LogP contribution in [0.1, 0.15) is 72.7 Å². The molecule has 1 N–H and O–H groups in total. The first-order valence-corrected chi connectivity index (χ1v) is 11.8. The number of pyridine rings is 1. The molecule has 160 valence electrons. The highest BCUT2D eigenvalue weighted by Crippen LogP contribution is 2.43. The summed E-state index contributed by atoms with van der Waals surface area (Å²) in [6, 6.07) is 17.9. The van der Waals surface area contributed by atoms with Gasteiger partial charge in [0, 0.05) is 29.8 Å². The average molecular weight is 431 g/mol. The van der Waals surface area contributed by atoms with E-state index in [2.05, 4.69) is 77.3 Å². The third kappa shape index (κ3) is 3.87. The Kier molecular flexibility index (Phi) is 5.53. The van der Waals surface area contributed by atoms with Crippen molar-refractivity contribution in [1.29, 1.82) is 0 Å². The van der Waals surface area contributed by atoms with Gasteiger partial charge in [0.15, 0.2) is 5.11 Å². The number of hydrogen-bond donors (Lipinski definition) is 1. The number of aryl methyl sites for hydroxylation is 2. The van der Waals surface area contributed by atoms with Crippen molar-refractivity contribution in [3.63, 3.8) is 0 Å². The molecule has 5 rings (SSSR count). The summed E-state index contributed by atoms with van der Waals surface area (Å²) in [4.78, 5) is 7.01. The second-order valence-electron chi connectivity index (χ2n) is 8.97. The second-order valence-corrected chi connectivity index (χ2v) is 9.36. The number of hydrogen-bond acceptors (Lipinski definition) is 2. The van der Waals surface area contributed by atoms with Gasteiger partial charge in [-0.15, -0.1) is 0 Å². The number of nitrogens with one attached hydrogen (secondary N) is 1. The van der Waals surface area contributed by atoms with Crippen LogP contribution >= 0.6 is 12.2 Å². The molecule has 0 radical (unpaired) electrons. The van der Waals surface area contributed by atoms with Crippen LogP contribution in [0.15, 0.2) is 60.9 Å². The summed E-state index contributed by atoms with van der Waals surface area (Å²) in [5.41, 5.74) is 5.99. The minimum absolute atomic E-state index is 0.00626. The van der Waals surface area contributed by atoms with Gasteiger partial charge in [-0.2, -0.15) is 0 Å². The first-order valence-electron chi connectivity index (χ1n) is 11.4. The first kappa shape index (κ1) is 20.3. The molecular formula is C26H30N4S. The quantitative estimate of drug-likeness (QED) is 0.501. The highest BCUT2D eigenvalue weighted by molar-refractivity contribution is 7.80. The van der Waals surface area contributed by atoms with Crippen molar-refractivity contribution in [2.45, 2.75) is 64.1 Å². The molecule has 4 nitrogen and oxygen atoms in total. The van der Waals surface area contributed by atoms with Gasteiger partial charge in [-0.05, 0) is 86.4 Å². The summed E-state index contributed by atoms with van der Waals surface area (Å²) in [6.07, 6.45) is 10.6. The van der Waals surface area contributed by atoms with Gasteiger partial charge in [0.25, 0.3) is 0 Å². The van der Waals surface area contributed by atoms with E-state index >= 15 is 0 Å². The Bertz CT molecular complexity index is 1050. The third-order valence-electron chi connectivity index (χ3n) is 6.67. The third-order valence-corrected chi connectivity index (χ3v) is 6.98. The summed E-state index contributed by atoms with van der Waals surface area (Å²) in [5, 5.41) is 4.37. The molecule has 1 aliphatic heterocycles. The van der Waals surface area contributed by atoms with Crippen LogP contribution in [0.25, 0.3) is 0 Å². The van der Waals surface area contributed by atoms with Crippen LogP contribution in [0.3, 0.4) is 0 Å². The van der Waals surface area contributed by atoms with E-state index in [1.165, 1.54) is 48.9 Å². The van der Waals surface area contributed by atoms with Crippen molar-refractivity contribution >= 4 is 23.0 Å². The number of aromatic nitrogens is 2. The molecule has 2 atom stereocenters. The van der Waals surface area contributed by atoms with Crippen molar-refractivity contribution in [3.05, 3.63) is 83.4 Å². The Morgan fingerprint density at radius 1 is 0.968 bits per heavy atom. The lowest BCUT2D eigenvalue weighted by Gasteiger charge is -2.32. The number of rotatable bonds is 4.